The topological polar surface area (TPSA) is 80.6 Å². The molecular weight excluding hydrogens is 595 g/mol. The number of halogens is 1. The SMILES string of the molecule is CCCC1C/C=C/CC/C(C)=C/C(=N\OCC(=O)N2CCCCC2)Cc2cc(O)cc(OC[I-]C)c2CO1. The fourth-order valence-electron chi connectivity index (χ4n) is 4.79. The predicted octanol–water partition coefficient (Wildman–Crippen LogP) is 2.75. The number of alkyl halides is 2. The van der Waals surface area contributed by atoms with E-state index in [1.54, 1.807) is 12.1 Å². The van der Waals surface area contributed by atoms with E-state index in [1.165, 1.54) is 12.0 Å². The normalized spacial score (nSPS) is 22.7. The van der Waals surface area contributed by atoms with Gasteiger partial charge < -0.3 is 0 Å². The average Bonchev–Trinajstić information content (AvgIpc) is 2.90. The molecule has 38 heavy (non-hydrogen) atoms. The molecule has 0 saturated carbocycles. The number of aromatic hydroxyl groups is 1. The monoisotopic (exact) mass is 639 g/mol. The van der Waals surface area contributed by atoms with E-state index >= 15 is 0 Å². The molecule has 1 amide bonds. The first-order valence-electron chi connectivity index (χ1n) is 13.8. The van der Waals surface area contributed by atoms with Crippen molar-refractivity contribution in [1.29, 1.82) is 0 Å². The van der Waals surface area contributed by atoms with Crippen LogP contribution in [0.2, 0.25) is 0 Å². The van der Waals surface area contributed by atoms with Gasteiger partial charge in [0.2, 0.25) is 0 Å². The fraction of sp³-hybridized carbons (Fsp3) is 0.600. The number of oxime groups is 1. The summed E-state index contributed by atoms with van der Waals surface area (Å²) in [6.07, 6.45) is 15.1. The van der Waals surface area contributed by atoms with Crippen LogP contribution >= 0.6 is 0 Å². The van der Waals surface area contributed by atoms with E-state index in [9.17, 15) is 9.90 Å². The van der Waals surface area contributed by atoms with Gasteiger partial charge in [0.15, 0.2) is 0 Å². The number of phenolic OH excluding ortho intramolecular Hbond substituents is 1. The third-order valence-corrected chi connectivity index (χ3v) is 7.75. The molecule has 0 bridgehead atoms. The van der Waals surface area contributed by atoms with Crippen molar-refractivity contribution in [1.82, 2.24) is 4.90 Å². The van der Waals surface area contributed by atoms with Gasteiger partial charge >= 0.3 is 207 Å². The average molecular weight is 640 g/mol. The van der Waals surface area contributed by atoms with Gasteiger partial charge in [0.25, 0.3) is 0 Å². The molecule has 1 N–H and O–H groups in total. The number of hydrogen-bond donors (Lipinski definition) is 1. The predicted molar refractivity (Wildman–Crippen MR) is 147 cm³/mol. The summed E-state index contributed by atoms with van der Waals surface area (Å²) in [6, 6.07) is 3.45. The number of carbonyl (C=O) groups is 1. The van der Waals surface area contributed by atoms with Crippen LogP contribution in [-0.4, -0.2) is 57.0 Å². The summed E-state index contributed by atoms with van der Waals surface area (Å²) in [5.74, 6) is 0.803. The Labute approximate surface area is 238 Å². The van der Waals surface area contributed by atoms with Crippen molar-refractivity contribution in [2.75, 3.05) is 29.2 Å². The molecule has 1 fully saturated rings. The first-order chi connectivity index (χ1) is 18.5. The number of rotatable bonds is 8. The molecule has 1 atom stereocenters. The zero-order valence-corrected chi connectivity index (χ0v) is 25.4. The van der Waals surface area contributed by atoms with Crippen LogP contribution in [0.3, 0.4) is 0 Å². The number of fused-ring (bicyclic) bond motifs is 1. The van der Waals surface area contributed by atoms with Gasteiger partial charge in [-0.15, -0.1) is 0 Å². The molecule has 2 aliphatic rings. The number of amides is 1. The first-order valence-corrected chi connectivity index (χ1v) is 17.5. The minimum atomic E-state index is -0.0737. The Morgan fingerprint density at radius 2 is 2.05 bits per heavy atom. The number of benzene rings is 1. The molecule has 8 heteroatoms. The second-order valence-electron chi connectivity index (χ2n) is 10.0. The van der Waals surface area contributed by atoms with E-state index in [0.717, 1.165) is 69.2 Å². The molecule has 0 aliphatic carbocycles. The summed E-state index contributed by atoms with van der Waals surface area (Å²) >= 11 is -0.0737. The van der Waals surface area contributed by atoms with Crippen molar-refractivity contribution in [3.63, 3.8) is 0 Å². The zero-order chi connectivity index (χ0) is 27.2. The summed E-state index contributed by atoms with van der Waals surface area (Å²) in [6.45, 7) is 6.19. The van der Waals surface area contributed by atoms with E-state index < -0.39 is 0 Å². The molecule has 0 radical (unpaired) electrons. The molecule has 2 heterocycles. The van der Waals surface area contributed by atoms with Crippen molar-refractivity contribution < 1.29 is 45.4 Å². The first kappa shape index (κ1) is 30.5. The molecule has 0 spiro atoms. The third-order valence-electron chi connectivity index (χ3n) is 6.81. The van der Waals surface area contributed by atoms with E-state index in [0.29, 0.717) is 29.1 Å². The van der Waals surface area contributed by atoms with E-state index in [4.69, 9.17) is 14.3 Å². The van der Waals surface area contributed by atoms with Crippen LogP contribution in [0.15, 0.2) is 41.1 Å². The van der Waals surface area contributed by atoms with Gasteiger partial charge in [-0.25, -0.2) is 0 Å². The van der Waals surface area contributed by atoms with Gasteiger partial charge in [-0.2, -0.15) is 0 Å². The van der Waals surface area contributed by atoms with Crippen LogP contribution in [0.4, 0.5) is 0 Å². The van der Waals surface area contributed by atoms with Crippen LogP contribution in [0.1, 0.15) is 76.3 Å². The second kappa shape index (κ2) is 16.8. The van der Waals surface area contributed by atoms with Crippen LogP contribution in [0.25, 0.3) is 0 Å². The molecule has 1 unspecified atom stereocenters. The molecular formula is C30H44IN2O5-. The van der Waals surface area contributed by atoms with Crippen molar-refractivity contribution in [3.05, 3.63) is 47.1 Å². The van der Waals surface area contributed by atoms with Gasteiger partial charge in [-0.05, 0) is 19.3 Å². The summed E-state index contributed by atoms with van der Waals surface area (Å²) in [4.78, 5) is 22.2. The second-order valence-corrected chi connectivity index (χ2v) is 12.2. The molecule has 1 aromatic rings. The van der Waals surface area contributed by atoms with E-state index in [-0.39, 0.29) is 45.6 Å². The fourth-order valence-corrected chi connectivity index (χ4v) is 5.43. The zero-order valence-electron chi connectivity index (χ0n) is 23.2. The van der Waals surface area contributed by atoms with Crippen LogP contribution in [0, 0.1) is 0 Å². The Kier molecular flexibility index (Phi) is 13.5. The minimum absolute atomic E-state index is 0.0206. The number of piperidine rings is 1. The summed E-state index contributed by atoms with van der Waals surface area (Å²) in [5.41, 5.74) is 3.73. The number of phenols is 1. The molecule has 7 nitrogen and oxygen atoms in total. The van der Waals surface area contributed by atoms with Crippen molar-refractivity contribution >= 4 is 11.6 Å². The third kappa shape index (κ3) is 10.2. The Morgan fingerprint density at radius 1 is 1.24 bits per heavy atom. The number of carbonyl (C=O) groups excluding carboxylic acids is 1. The van der Waals surface area contributed by atoms with Crippen molar-refractivity contribution in [3.8, 4) is 11.5 Å². The molecule has 212 valence electrons. The molecule has 1 saturated heterocycles. The molecule has 0 aromatic heterocycles. The quantitative estimate of drug-likeness (QED) is 0.205. The summed E-state index contributed by atoms with van der Waals surface area (Å²) in [7, 11) is 0. The van der Waals surface area contributed by atoms with Crippen molar-refractivity contribution in [2.45, 2.75) is 84.3 Å². The molecule has 2 aliphatic heterocycles. The van der Waals surface area contributed by atoms with Gasteiger partial charge in [0.1, 0.15) is 0 Å². The van der Waals surface area contributed by atoms with E-state index in [2.05, 4.69) is 36.1 Å². The van der Waals surface area contributed by atoms with Crippen LogP contribution < -0.4 is 25.9 Å². The summed E-state index contributed by atoms with van der Waals surface area (Å²) < 4.78 is 13.2. The maximum atomic E-state index is 12.6. The van der Waals surface area contributed by atoms with Gasteiger partial charge in [-0.1, -0.05) is 0 Å². The van der Waals surface area contributed by atoms with Crippen molar-refractivity contribution in [2.24, 2.45) is 5.16 Å². The number of nitrogens with zero attached hydrogens (tertiary/aromatic N) is 2. The van der Waals surface area contributed by atoms with Gasteiger partial charge in [-0.3, -0.25) is 0 Å². The number of ether oxygens (including phenoxy) is 2. The Morgan fingerprint density at radius 3 is 2.82 bits per heavy atom. The summed E-state index contributed by atoms with van der Waals surface area (Å²) in [5, 5.41) is 15.0. The number of allylic oxidation sites excluding steroid dienone is 3. The van der Waals surface area contributed by atoms with Gasteiger partial charge in [0.05, 0.1) is 0 Å². The van der Waals surface area contributed by atoms with Gasteiger partial charge in [0, 0.05) is 13.1 Å². The maximum absolute atomic E-state index is 12.6. The Balaban J connectivity index is 1.90. The number of hydrogen-bond acceptors (Lipinski definition) is 6. The standard InChI is InChI=1S/C30H44IN2O5/c1-4-11-27-13-8-5-7-12-23(2)16-25(32-38-21-30(35)33-14-9-6-10-15-33)17-24-18-26(34)19-29(37-22-31-3)28(24)20-36-27/h5,8,16,18-19,27,34H,4,6-7,9-15,17,20-22H2,1-3H3/q-1/b8-5+,23-16+,32-25+. The van der Waals surface area contributed by atoms with Crippen LogP contribution in [-0.2, 0) is 27.4 Å². The Hall–Kier alpha value is -2.07. The molecule has 3 rings (SSSR count). The van der Waals surface area contributed by atoms with Crippen LogP contribution in [0.5, 0.6) is 11.5 Å². The number of likely N-dealkylation sites (tertiary alicyclic amines) is 1. The molecule has 1 aromatic carbocycles. The van der Waals surface area contributed by atoms with E-state index in [1.807, 2.05) is 11.0 Å². The Bertz CT molecular complexity index is 985.